The normalized spacial score (nSPS) is 23.3. The lowest BCUT2D eigenvalue weighted by molar-refractivity contribution is -0.132. The molecule has 0 radical (unpaired) electrons. The molecule has 3 rings (SSSR count). The monoisotopic (exact) mass is 334 g/mol. The van der Waals surface area contributed by atoms with Gasteiger partial charge in [0.1, 0.15) is 0 Å². The number of hydrogen-bond acceptors (Lipinski definition) is 2. The Hall–Kier alpha value is -1.55. The predicted octanol–water partition coefficient (Wildman–Crippen LogP) is 2.84. The van der Waals surface area contributed by atoms with Crippen molar-refractivity contribution < 1.29 is 9.59 Å². The van der Waals surface area contributed by atoms with Gasteiger partial charge in [0.15, 0.2) is 0 Å². The smallest absolute Gasteiger partial charge is 0.226 e. The van der Waals surface area contributed by atoms with Crippen LogP contribution in [0.25, 0.3) is 0 Å². The van der Waals surface area contributed by atoms with Gasteiger partial charge in [-0.05, 0) is 43.4 Å². The van der Waals surface area contributed by atoms with Crippen LogP contribution >= 0.6 is 11.6 Å². The van der Waals surface area contributed by atoms with E-state index in [1.165, 1.54) is 0 Å². The summed E-state index contributed by atoms with van der Waals surface area (Å²) in [5.74, 6) is 0.209. The lowest BCUT2D eigenvalue weighted by Crippen LogP contribution is -2.52. The van der Waals surface area contributed by atoms with Crippen molar-refractivity contribution in [1.29, 1.82) is 0 Å². The second-order valence-corrected chi connectivity index (χ2v) is 7.24. The van der Waals surface area contributed by atoms with Crippen molar-refractivity contribution in [2.45, 2.75) is 51.0 Å². The molecule has 0 spiro atoms. The van der Waals surface area contributed by atoms with E-state index in [4.69, 9.17) is 11.6 Å². The summed E-state index contributed by atoms with van der Waals surface area (Å²) in [6.07, 6.45) is 5.98. The van der Waals surface area contributed by atoms with Crippen molar-refractivity contribution in [1.82, 2.24) is 10.6 Å². The van der Waals surface area contributed by atoms with E-state index in [0.29, 0.717) is 18.0 Å². The summed E-state index contributed by atoms with van der Waals surface area (Å²) in [4.78, 5) is 24.2. The molecule has 0 aromatic heterocycles. The van der Waals surface area contributed by atoms with Gasteiger partial charge in [-0.25, -0.2) is 0 Å². The van der Waals surface area contributed by atoms with Gasteiger partial charge in [-0.3, -0.25) is 9.59 Å². The summed E-state index contributed by atoms with van der Waals surface area (Å²) in [5, 5.41) is 6.71. The molecule has 0 unspecified atom stereocenters. The summed E-state index contributed by atoms with van der Waals surface area (Å²) in [5.41, 5.74) is 0.790. The van der Waals surface area contributed by atoms with Crippen molar-refractivity contribution >= 4 is 23.4 Å². The molecule has 1 saturated carbocycles. The maximum absolute atomic E-state index is 12.9. The van der Waals surface area contributed by atoms with Crippen LogP contribution in [-0.4, -0.2) is 24.4 Å². The molecule has 2 fully saturated rings. The number of carbonyl (C=O) groups is 2. The Morgan fingerprint density at radius 3 is 2.78 bits per heavy atom. The molecular formula is C18H23ClN2O2. The first kappa shape index (κ1) is 16.3. The van der Waals surface area contributed by atoms with Crippen molar-refractivity contribution in [2.24, 2.45) is 5.41 Å². The first-order valence-corrected chi connectivity index (χ1v) is 8.77. The van der Waals surface area contributed by atoms with Gasteiger partial charge in [0.05, 0.1) is 5.41 Å². The molecule has 1 saturated heterocycles. The molecule has 1 aliphatic heterocycles. The van der Waals surface area contributed by atoms with Gasteiger partial charge in [0, 0.05) is 24.0 Å². The molecule has 1 aliphatic carbocycles. The van der Waals surface area contributed by atoms with Crippen LogP contribution in [0.3, 0.4) is 0 Å². The number of benzene rings is 1. The number of halogens is 1. The summed E-state index contributed by atoms with van der Waals surface area (Å²) in [7, 11) is 0. The molecule has 4 nitrogen and oxygen atoms in total. The lowest BCUT2D eigenvalue weighted by Gasteiger charge is -2.32. The molecule has 1 atom stereocenters. The van der Waals surface area contributed by atoms with Gasteiger partial charge in [-0.2, -0.15) is 0 Å². The van der Waals surface area contributed by atoms with E-state index in [2.05, 4.69) is 10.6 Å². The lowest BCUT2D eigenvalue weighted by atomic mass is 9.78. The van der Waals surface area contributed by atoms with Gasteiger partial charge in [0.2, 0.25) is 11.8 Å². The number of rotatable bonds is 4. The number of carbonyl (C=O) groups excluding carboxylic acids is 2. The van der Waals surface area contributed by atoms with Crippen LogP contribution in [0.5, 0.6) is 0 Å². The Kier molecular flexibility index (Phi) is 4.90. The molecule has 2 N–H and O–H groups in total. The van der Waals surface area contributed by atoms with E-state index < -0.39 is 0 Å². The Morgan fingerprint density at radius 1 is 1.35 bits per heavy atom. The van der Waals surface area contributed by atoms with Crippen molar-refractivity contribution in [3.63, 3.8) is 0 Å². The third kappa shape index (κ3) is 3.86. The molecule has 2 amide bonds. The Balaban J connectivity index is 1.69. The van der Waals surface area contributed by atoms with E-state index in [9.17, 15) is 9.59 Å². The summed E-state index contributed by atoms with van der Waals surface area (Å²) in [6.45, 7) is 0.540. The van der Waals surface area contributed by atoms with E-state index in [-0.39, 0.29) is 23.3 Å². The molecule has 1 aromatic carbocycles. The van der Waals surface area contributed by atoms with E-state index in [1.54, 1.807) is 0 Å². The van der Waals surface area contributed by atoms with E-state index in [1.807, 2.05) is 24.3 Å². The van der Waals surface area contributed by atoms with Crippen molar-refractivity contribution in [3.05, 3.63) is 34.9 Å². The minimum atomic E-state index is -0.327. The SMILES string of the molecule is O=C1CC[C@@H](NC(=O)C2(Cc3cccc(Cl)c3)CCCC2)CN1. The van der Waals surface area contributed by atoms with Gasteiger partial charge in [-0.15, -0.1) is 0 Å². The van der Waals surface area contributed by atoms with E-state index in [0.717, 1.165) is 44.1 Å². The maximum atomic E-state index is 12.9. The van der Waals surface area contributed by atoms with Crippen LogP contribution in [-0.2, 0) is 16.0 Å². The van der Waals surface area contributed by atoms with Crippen LogP contribution in [0.1, 0.15) is 44.1 Å². The third-order valence-corrected chi connectivity index (χ3v) is 5.31. The highest BCUT2D eigenvalue weighted by Gasteiger charge is 2.41. The fourth-order valence-electron chi connectivity index (χ4n) is 3.77. The molecule has 5 heteroatoms. The van der Waals surface area contributed by atoms with Gasteiger partial charge in [0.25, 0.3) is 0 Å². The van der Waals surface area contributed by atoms with Gasteiger partial charge >= 0.3 is 0 Å². The molecule has 23 heavy (non-hydrogen) atoms. The average Bonchev–Trinajstić information content (AvgIpc) is 2.99. The number of piperidine rings is 1. The van der Waals surface area contributed by atoms with Crippen molar-refractivity contribution in [2.75, 3.05) is 6.54 Å². The Bertz CT molecular complexity index is 586. The highest BCUT2D eigenvalue weighted by Crippen LogP contribution is 2.41. The van der Waals surface area contributed by atoms with Crippen LogP contribution in [0, 0.1) is 5.41 Å². The summed E-state index contributed by atoms with van der Waals surface area (Å²) < 4.78 is 0. The molecule has 1 heterocycles. The van der Waals surface area contributed by atoms with Crippen LogP contribution < -0.4 is 10.6 Å². The second kappa shape index (κ2) is 6.91. The summed E-state index contributed by atoms with van der Waals surface area (Å²) >= 11 is 6.08. The van der Waals surface area contributed by atoms with Gasteiger partial charge < -0.3 is 10.6 Å². The van der Waals surface area contributed by atoms with Crippen LogP contribution in [0.2, 0.25) is 5.02 Å². The van der Waals surface area contributed by atoms with Crippen molar-refractivity contribution in [3.8, 4) is 0 Å². The maximum Gasteiger partial charge on any atom is 0.226 e. The Labute approximate surface area is 142 Å². The van der Waals surface area contributed by atoms with E-state index >= 15 is 0 Å². The van der Waals surface area contributed by atoms with Gasteiger partial charge in [-0.1, -0.05) is 36.6 Å². The topological polar surface area (TPSA) is 58.2 Å². The average molecular weight is 335 g/mol. The van der Waals surface area contributed by atoms with Crippen LogP contribution in [0.15, 0.2) is 24.3 Å². The highest BCUT2D eigenvalue weighted by molar-refractivity contribution is 6.30. The summed E-state index contributed by atoms with van der Waals surface area (Å²) in [6, 6.07) is 7.85. The molecule has 2 aliphatic rings. The molecular weight excluding hydrogens is 312 g/mol. The quantitative estimate of drug-likeness (QED) is 0.889. The minimum Gasteiger partial charge on any atom is -0.354 e. The fourth-order valence-corrected chi connectivity index (χ4v) is 3.98. The zero-order chi connectivity index (χ0) is 16.3. The predicted molar refractivity (Wildman–Crippen MR) is 90.2 cm³/mol. The minimum absolute atomic E-state index is 0.0528. The fraction of sp³-hybridized carbons (Fsp3) is 0.556. The standard InChI is InChI=1S/C18H23ClN2O2/c19-14-5-3-4-13(10-14)11-18(8-1-2-9-18)17(23)21-15-6-7-16(22)20-12-15/h3-5,10,15H,1-2,6-9,11-12H2,(H,20,22)(H,21,23)/t15-/m1/s1. The Morgan fingerprint density at radius 2 is 2.13 bits per heavy atom. The zero-order valence-corrected chi connectivity index (χ0v) is 14.0. The zero-order valence-electron chi connectivity index (χ0n) is 13.2. The first-order chi connectivity index (χ1) is 11.1. The molecule has 0 bridgehead atoms. The highest BCUT2D eigenvalue weighted by atomic mass is 35.5. The van der Waals surface area contributed by atoms with Crippen LogP contribution in [0.4, 0.5) is 0 Å². The molecule has 124 valence electrons. The largest absolute Gasteiger partial charge is 0.354 e. The first-order valence-electron chi connectivity index (χ1n) is 8.40. The number of nitrogens with one attached hydrogen (secondary N) is 2. The molecule has 1 aromatic rings. The number of hydrogen-bond donors (Lipinski definition) is 2. The third-order valence-electron chi connectivity index (χ3n) is 5.07. The second-order valence-electron chi connectivity index (χ2n) is 6.81. The number of amides is 2.